The standard InChI is InChI=1S/C23H23N5O3/c1-14(29)28(11-15-6-7-16-4-2-3-5-17(16)8-15)21-19-12-27(13-20(19)21)23-24-9-18(10-25-23)22(30)26-31/h2-10,19-21,31H,11-13H2,1H3,(H,26,30). The highest BCUT2D eigenvalue weighted by molar-refractivity contribution is 5.92. The van der Waals surface area contributed by atoms with Gasteiger partial charge in [-0.3, -0.25) is 14.8 Å². The summed E-state index contributed by atoms with van der Waals surface area (Å²) in [6.45, 7) is 3.81. The summed E-state index contributed by atoms with van der Waals surface area (Å²) < 4.78 is 0. The number of nitrogens with zero attached hydrogens (tertiary/aromatic N) is 4. The number of carbonyl (C=O) groups is 2. The van der Waals surface area contributed by atoms with E-state index in [-0.39, 0.29) is 17.5 Å². The van der Waals surface area contributed by atoms with Gasteiger partial charge in [0.15, 0.2) is 0 Å². The van der Waals surface area contributed by atoms with Gasteiger partial charge < -0.3 is 9.80 Å². The summed E-state index contributed by atoms with van der Waals surface area (Å²) in [4.78, 5) is 36.4. The summed E-state index contributed by atoms with van der Waals surface area (Å²) in [6, 6.07) is 14.8. The molecule has 1 aliphatic carbocycles. The molecule has 1 aromatic heterocycles. The molecule has 158 valence electrons. The van der Waals surface area contributed by atoms with Gasteiger partial charge in [-0.05, 0) is 22.4 Å². The predicted octanol–water partition coefficient (Wildman–Crippen LogP) is 2.23. The van der Waals surface area contributed by atoms with Gasteiger partial charge in [0.1, 0.15) is 0 Å². The van der Waals surface area contributed by atoms with Crippen molar-refractivity contribution < 1.29 is 14.8 Å². The number of rotatable bonds is 5. The Morgan fingerprint density at radius 1 is 1.10 bits per heavy atom. The lowest BCUT2D eigenvalue weighted by molar-refractivity contribution is -0.130. The highest BCUT2D eigenvalue weighted by Gasteiger charge is 2.59. The van der Waals surface area contributed by atoms with Crippen LogP contribution in [0, 0.1) is 11.8 Å². The molecule has 2 unspecified atom stereocenters. The maximum absolute atomic E-state index is 12.4. The minimum Gasteiger partial charge on any atom is -0.340 e. The van der Waals surface area contributed by atoms with E-state index in [1.165, 1.54) is 23.2 Å². The smallest absolute Gasteiger partial charge is 0.277 e. The van der Waals surface area contributed by atoms with E-state index in [0.717, 1.165) is 18.7 Å². The van der Waals surface area contributed by atoms with Gasteiger partial charge in [-0.25, -0.2) is 15.4 Å². The van der Waals surface area contributed by atoms with Gasteiger partial charge in [0.05, 0.1) is 5.56 Å². The third-order valence-electron chi connectivity index (χ3n) is 6.36. The van der Waals surface area contributed by atoms with Gasteiger partial charge >= 0.3 is 0 Å². The molecule has 1 aliphatic heterocycles. The Balaban J connectivity index is 1.26. The number of fused-ring (bicyclic) bond motifs is 2. The van der Waals surface area contributed by atoms with Crippen molar-refractivity contribution in [2.24, 2.45) is 11.8 Å². The van der Waals surface area contributed by atoms with Crippen molar-refractivity contribution in [3.63, 3.8) is 0 Å². The van der Waals surface area contributed by atoms with Gasteiger partial charge in [-0.15, -0.1) is 0 Å². The van der Waals surface area contributed by atoms with Crippen LogP contribution in [-0.2, 0) is 11.3 Å². The number of hydrogen-bond acceptors (Lipinski definition) is 6. The maximum atomic E-state index is 12.4. The normalized spacial score (nSPS) is 21.6. The SMILES string of the molecule is CC(=O)N(Cc1ccc2ccccc2c1)C1C2CN(c3ncc(C(=O)NO)cn3)CC21. The number of amides is 2. The predicted molar refractivity (Wildman–Crippen MR) is 114 cm³/mol. The van der Waals surface area contributed by atoms with Crippen molar-refractivity contribution in [3.05, 3.63) is 66.0 Å². The van der Waals surface area contributed by atoms with Crippen LogP contribution in [0.25, 0.3) is 10.8 Å². The molecule has 1 saturated carbocycles. The van der Waals surface area contributed by atoms with Crippen LogP contribution in [0.3, 0.4) is 0 Å². The fraction of sp³-hybridized carbons (Fsp3) is 0.304. The van der Waals surface area contributed by atoms with E-state index in [1.54, 1.807) is 12.4 Å². The van der Waals surface area contributed by atoms with Crippen molar-refractivity contribution in [3.8, 4) is 0 Å². The van der Waals surface area contributed by atoms with E-state index in [1.807, 2.05) is 17.0 Å². The van der Waals surface area contributed by atoms with E-state index in [2.05, 4.69) is 45.2 Å². The first-order valence-corrected chi connectivity index (χ1v) is 10.3. The molecule has 5 rings (SSSR count). The molecule has 2 amide bonds. The molecule has 8 nitrogen and oxygen atoms in total. The first-order valence-electron chi connectivity index (χ1n) is 10.3. The van der Waals surface area contributed by atoms with Crippen LogP contribution in [0.4, 0.5) is 5.95 Å². The van der Waals surface area contributed by atoms with Crippen molar-refractivity contribution >= 4 is 28.5 Å². The van der Waals surface area contributed by atoms with Crippen LogP contribution in [0.1, 0.15) is 22.8 Å². The van der Waals surface area contributed by atoms with Crippen LogP contribution in [0.5, 0.6) is 0 Å². The zero-order chi connectivity index (χ0) is 21.5. The zero-order valence-electron chi connectivity index (χ0n) is 17.1. The molecule has 3 aromatic rings. The average Bonchev–Trinajstić information content (AvgIpc) is 3.27. The molecule has 0 radical (unpaired) electrons. The van der Waals surface area contributed by atoms with Gasteiger partial charge in [0.2, 0.25) is 11.9 Å². The molecule has 31 heavy (non-hydrogen) atoms. The van der Waals surface area contributed by atoms with E-state index in [0.29, 0.717) is 24.3 Å². The number of nitrogens with one attached hydrogen (secondary N) is 1. The Morgan fingerprint density at radius 3 is 2.42 bits per heavy atom. The van der Waals surface area contributed by atoms with Gasteiger partial charge in [-0.2, -0.15) is 0 Å². The molecular formula is C23H23N5O3. The molecule has 0 spiro atoms. The maximum Gasteiger partial charge on any atom is 0.277 e. The molecule has 1 saturated heterocycles. The summed E-state index contributed by atoms with van der Waals surface area (Å²) in [5, 5.41) is 11.1. The number of carbonyl (C=O) groups excluding carboxylic acids is 2. The number of hydrogen-bond donors (Lipinski definition) is 2. The zero-order valence-corrected chi connectivity index (χ0v) is 17.1. The number of aromatic nitrogens is 2. The Kier molecular flexibility index (Phi) is 4.78. The van der Waals surface area contributed by atoms with E-state index in [9.17, 15) is 9.59 Å². The molecule has 2 heterocycles. The van der Waals surface area contributed by atoms with Crippen LogP contribution in [0.15, 0.2) is 54.9 Å². The highest BCUT2D eigenvalue weighted by Crippen LogP contribution is 2.50. The Hall–Kier alpha value is -3.52. The first kappa shape index (κ1) is 19.4. The third-order valence-corrected chi connectivity index (χ3v) is 6.36. The second-order valence-corrected chi connectivity index (χ2v) is 8.26. The van der Waals surface area contributed by atoms with E-state index in [4.69, 9.17) is 5.21 Å². The Labute approximate surface area is 179 Å². The van der Waals surface area contributed by atoms with E-state index < -0.39 is 5.91 Å². The summed E-state index contributed by atoms with van der Waals surface area (Å²) in [5.41, 5.74) is 2.91. The average molecular weight is 417 g/mol. The summed E-state index contributed by atoms with van der Waals surface area (Å²) in [6.07, 6.45) is 2.80. The molecule has 2 atom stereocenters. The van der Waals surface area contributed by atoms with Crippen molar-refractivity contribution in [1.82, 2.24) is 20.3 Å². The topological polar surface area (TPSA) is 98.7 Å². The summed E-state index contributed by atoms with van der Waals surface area (Å²) in [7, 11) is 0. The fourth-order valence-electron chi connectivity index (χ4n) is 4.75. The van der Waals surface area contributed by atoms with Gasteiger partial charge in [-0.1, -0.05) is 36.4 Å². The van der Waals surface area contributed by atoms with E-state index >= 15 is 0 Å². The molecule has 2 aliphatic rings. The van der Waals surface area contributed by atoms with Crippen LogP contribution in [-0.4, -0.2) is 51.0 Å². The lowest BCUT2D eigenvalue weighted by atomic mass is 10.1. The number of piperidine rings is 1. The van der Waals surface area contributed by atoms with Crippen LogP contribution in [0.2, 0.25) is 0 Å². The molecule has 2 aromatic carbocycles. The Morgan fingerprint density at radius 2 is 1.77 bits per heavy atom. The quantitative estimate of drug-likeness (QED) is 0.488. The monoisotopic (exact) mass is 417 g/mol. The minimum absolute atomic E-state index is 0.0923. The lowest BCUT2D eigenvalue weighted by Gasteiger charge is -2.27. The second-order valence-electron chi connectivity index (χ2n) is 8.26. The summed E-state index contributed by atoms with van der Waals surface area (Å²) in [5.74, 6) is 0.808. The minimum atomic E-state index is -0.637. The van der Waals surface area contributed by atoms with Gasteiger partial charge in [0, 0.05) is 56.8 Å². The molecule has 2 fully saturated rings. The number of anilines is 1. The number of hydroxylamine groups is 1. The highest BCUT2D eigenvalue weighted by atomic mass is 16.5. The van der Waals surface area contributed by atoms with Crippen molar-refractivity contribution in [2.75, 3.05) is 18.0 Å². The van der Waals surface area contributed by atoms with Crippen LogP contribution < -0.4 is 10.4 Å². The Bertz CT molecular complexity index is 1140. The molecule has 2 N–H and O–H groups in total. The molecular weight excluding hydrogens is 394 g/mol. The number of benzene rings is 2. The lowest BCUT2D eigenvalue weighted by Crippen LogP contribution is -2.37. The van der Waals surface area contributed by atoms with Crippen LogP contribution >= 0.6 is 0 Å². The van der Waals surface area contributed by atoms with Crippen molar-refractivity contribution in [2.45, 2.75) is 19.5 Å². The third kappa shape index (κ3) is 3.59. The second kappa shape index (κ2) is 7.63. The fourth-order valence-corrected chi connectivity index (χ4v) is 4.75. The summed E-state index contributed by atoms with van der Waals surface area (Å²) >= 11 is 0. The molecule has 0 bridgehead atoms. The largest absolute Gasteiger partial charge is 0.340 e. The first-order chi connectivity index (χ1) is 15.0. The van der Waals surface area contributed by atoms with Gasteiger partial charge in [0.25, 0.3) is 5.91 Å². The molecule has 8 heteroatoms. The van der Waals surface area contributed by atoms with Crippen molar-refractivity contribution in [1.29, 1.82) is 0 Å².